The Balaban J connectivity index is 1.91. The van der Waals surface area contributed by atoms with Crippen molar-refractivity contribution in [3.8, 4) is 11.5 Å². The lowest BCUT2D eigenvalue weighted by Crippen LogP contribution is -2.41. The van der Waals surface area contributed by atoms with E-state index in [1.54, 1.807) is 41.2 Å². The van der Waals surface area contributed by atoms with Gasteiger partial charge in [-0.1, -0.05) is 23.2 Å². The van der Waals surface area contributed by atoms with E-state index in [0.717, 1.165) is 11.3 Å². The number of nitrogens with zero attached hydrogens (tertiary/aromatic N) is 2. The molecule has 0 fully saturated rings. The van der Waals surface area contributed by atoms with E-state index in [0.29, 0.717) is 34.6 Å². The van der Waals surface area contributed by atoms with Crippen LogP contribution in [0.25, 0.3) is 0 Å². The molecular weight excluding hydrogens is 373 g/mol. The molecular formula is C19H19Cl2N3O2. The second-order valence-corrected chi connectivity index (χ2v) is 6.73. The summed E-state index contributed by atoms with van der Waals surface area (Å²) in [5.74, 6) is 1.28. The van der Waals surface area contributed by atoms with E-state index in [2.05, 4.69) is 5.32 Å². The molecule has 1 heterocycles. The molecule has 5 nitrogen and oxygen atoms in total. The second kappa shape index (κ2) is 7.99. The van der Waals surface area contributed by atoms with Crippen LogP contribution in [-0.4, -0.2) is 31.6 Å². The summed E-state index contributed by atoms with van der Waals surface area (Å²) < 4.78 is 5.97. The number of urea groups is 1. The SMILES string of the molecule is CNCc1cc(N2C=CCN(C)C2=O)ccc1Oc1ccc(Cl)c(Cl)c1. The Morgan fingerprint density at radius 2 is 1.96 bits per heavy atom. The fourth-order valence-electron chi connectivity index (χ4n) is 2.64. The molecule has 0 aromatic heterocycles. The number of benzene rings is 2. The van der Waals surface area contributed by atoms with Crippen molar-refractivity contribution in [1.29, 1.82) is 0 Å². The van der Waals surface area contributed by atoms with Gasteiger partial charge in [0.05, 0.1) is 15.7 Å². The third-order valence-electron chi connectivity index (χ3n) is 3.97. The topological polar surface area (TPSA) is 44.8 Å². The minimum atomic E-state index is -0.0685. The zero-order valence-electron chi connectivity index (χ0n) is 14.5. The highest BCUT2D eigenvalue weighted by molar-refractivity contribution is 6.42. The molecule has 0 aliphatic carbocycles. The van der Waals surface area contributed by atoms with Crippen LogP contribution in [0.2, 0.25) is 10.0 Å². The Bertz CT molecular complexity index is 855. The standard InChI is InChI=1S/C19H19Cl2N3O2/c1-22-12-13-10-14(24-9-3-8-23(2)19(24)25)4-7-18(13)26-15-5-6-16(20)17(21)11-15/h3-7,9-11,22H,8,12H2,1-2H3. The van der Waals surface area contributed by atoms with Gasteiger partial charge in [0.1, 0.15) is 11.5 Å². The average molecular weight is 392 g/mol. The number of hydrogen-bond acceptors (Lipinski definition) is 3. The molecule has 2 aromatic carbocycles. The predicted octanol–water partition coefficient (Wildman–Crippen LogP) is 4.89. The highest BCUT2D eigenvalue weighted by Gasteiger charge is 2.21. The maximum absolute atomic E-state index is 12.4. The number of anilines is 1. The van der Waals surface area contributed by atoms with E-state index in [9.17, 15) is 4.79 Å². The van der Waals surface area contributed by atoms with Gasteiger partial charge < -0.3 is 15.0 Å². The van der Waals surface area contributed by atoms with E-state index in [-0.39, 0.29) is 6.03 Å². The number of carbonyl (C=O) groups is 1. The van der Waals surface area contributed by atoms with Gasteiger partial charge in [-0.25, -0.2) is 4.79 Å². The van der Waals surface area contributed by atoms with Gasteiger partial charge in [-0.2, -0.15) is 0 Å². The quantitative estimate of drug-likeness (QED) is 0.788. The number of rotatable bonds is 5. The minimum Gasteiger partial charge on any atom is -0.457 e. The highest BCUT2D eigenvalue weighted by atomic mass is 35.5. The van der Waals surface area contributed by atoms with Crippen molar-refractivity contribution in [3.63, 3.8) is 0 Å². The Labute approximate surface area is 162 Å². The molecule has 0 bridgehead atoms. The first kappa shape index (κ1) is 18.6. The summed E-state index contributed by atoms with van der Waals surface area (Å²) in [6.45, 7) is 1.20. The summed E-state index contributed by atoms with van der Waals surface area (Å²) in [5.41, 5.74) is 1.70. The van der Waals surface area contributed by atoms with Gasteiger partial charge in [0.2, 0.25) is 0 Å². The van der Waals surface area contributed by atoms with E-state index >= 15 is 0 Å². The molecule has 0 atom stereocenters. The number of hydrogen-bond donors (Lipinski definition) is 1. The number of halogens is 2. The van der Waals surface area contributed by atoms with Crippen LogP contribution < -0.4 is 15.0 Å². The lowest BCUT2D eigenvalue weighted by Gasteiger charge is -2.29. The van der Waals surface area contributed by atoms with Crippen molar-refractivity contribution >= 4 is 34.9 Å². The second-order valence-electron chi connectivity index (χ2n) is 5.92. The molecule has 3 rings (SSSR count). The van der Waals surface area contributed by atoms with Gasteiger partial charge in [0.15, 0.2) is 0 Å². The largest absolute Gasteiger partial charge is 0.457 e. The monoisotopic (exact) mass is 391 g/mol. The van der Waals surface area contributed by atoms with Crippen molar-refractivity contribution in [3.05, 3.63) is 64.3 Å². The maximum atomic E-state index is 12.4. The first-order chi connectivity index (χ1) is 12.5. The van der Waals surface area contributed by atoms with Gasteiger partial charge in [-0.3, -0.25) is 4.90 Å². The zero-order chi connectivity index (χ0) is 18.7. The summed E-state index contributed by atoms with van der Waals surface area (Å²) in [6.07, 6.45) is 3.74. The summed E-state index contributed by atoms with van der Waals surface area (Å²) in [5, 5.41) is 4.03. The Hall–Kier alpha value is -2.21. The molecule has 0 saturated carbocycles. The summed E-state index contributed by atoms with van der Waals surface area (Å²) in [6, 6.07) is 10.7. The van der Waals surface area contributed by atoms with Gasteiger partial charge in [-0.05, 0) is 43.5 Å². The van der Waals surface area contributed by atoms with E-state index in [1.807, 2.05) is 31.3 Å². The van der Waals surface area contributed by atoms with Crippen molar-refractivity contribution < 1.29 is 9.53 Å². The molecule has 1 N–H and O–H groups in total. The summed E-state index contributed by atoms with van der Waals surface area (Å²) in [4.78, 5) is 15.6. The van der Waals surface area contributed by atoms with Crippen LogP contribution in [0.5, 0.6) is 11.5 Å². The van der Waals surface area contributed by atoms with Crippen LogP contribution in [0.1, 0.15) is 5.56 Å². The minimum absolute atomic E-state index is 0.0685. The van der Waals surface area contributed by atoms with Crippen molar-refractivity contribution in [2.45, 2.75) is 6.54 Å². The Morgan fingerprint density at radius 3 is 2.69 bits per heavy atom. The van der Waals surface area contributed by atoms with Gasteiger partial charge >= 0.3 is 6.03 Å². The van der Waals surface area contributed by atoms with Crippen LogP contribution in [0.15, 0.2) is 48.7 Å². The summed E-state index contributed by atoms with van der Waals surface area (Å²) in [7, 11) is 3.63. The van der Waals surface area contributed by atoms with Crippen molar-refractivity contribution in [2.75, 3.05) is 25.5 Å². The molecule has 136 valence electrons. The van der Waals surface area contributed by atoms with Crippen molar-refractivity contribution in [1.82, 2.24) is 10.2 Å². The highest BCUT2D eigenvalue weighted by Crippen LogP contribution is 2.33. The molecule has 0 radical (unpaired) electrons. The molecule has 2 amide bonds. The van der Waals surface area contributed by atoms with E-state index < -0.39 is 0 Å². The normalized spacial score (nSPS) is 14.1. The Kier molecular flexibility index (Phi) is 5.71. The molecule has 0 saturated heterocycles. The number of ether oxygens (including phenoxy) is 1. The molecule has 2 aromatic rings. The number of likely N-dealkylation sites (N-methyl/N-ethyl adjacent to an activating group) is 1. The number of amides is 2. The lowest BCUT2D eigenvalue weighted by atomic mass is 10.1. The third-order valence-corrected chi connectivity index (χ3v) is 4.71. The number of nitrogens with one attached hydrogen (secondary N) is 1. The predicted molar refractivity (Wildman–Crippen MR) is 105 cm³/mol. The summed E-state index contributed by atoms with van der Waals surface area (Å²) >= 11 is 12.0. The first-order valence-electron chi connectivity index (χ1n) is 8.11. The number of carbonyl (C=O) groups excluding carboxylic acids is 1. The van der Waals surface area contributed by atoms with Crippen LogP contribution in [0.3, 0.4) is 0 Å². The zero-order valence-corrected chi connectivity index (χ0v) is 16.0. The van der Waals surface area contributed by atoms with Gasteiger partial charge in [0.25, 0.3) is 0 Å². The van der Waals surface area contributed by atoms with Crippen LogP contribution in [0, 0.1) is 0 Å². The van der Waals surface area contributed by atoms with E-state index in [1.165, 1.54) is 0 Å². The van der Waals surface area contributed by atoms with Crippen molar-refractivity contribution in [2.24, 2.45) is 0 Å². The molecule has 0 unspecified atom stereocenters. The van der Waals surface area contributed by atoms with Gasteiger partial charge in [0, 0.05) is 38.0 Å². The Morgan fingerprint density at radius 1 is 1.15 bits per heavy atom. The third kappa shape index (κ3) is 3.96. The van der Waals surface area contributed by atoms with Crippen LogP contribution >= 0.6 is 23.2 Å². The smallest absolute Gasteiger partial charge is 0.328 e. The molecule has 1 aliphatic heterocycles. The van der Waals surface area contributed by atoms with E-state index in [4.69, 9.17) is 27.9 Å². The molecule has 1 aliphatic rings. The lowest BCUT2D eigenvalue weighted by molar-refractivity contribution is 0.220. The fraction of sp³-hybridized carbons (Fsp3) is 0.211. The average Bonchev–Trinajstić information content (AvgIpc) is 2.62. The van der Waals surface area contributed by atoms with Crippen LogP contribution in [0.4, 0.5) is 10.5 Å². The maximum Gasteiger partial charge on any atom is 0.328 e. The first-order valence-corrected chi connectivity index (χ1v) is 8.86. The van der Waals surface area contributed by atoms with Crippen LogP contribution in [-0.2, 0) is 6.54 Å². The molecule has 0 spiro atoms. The molecule has 26 heavy (non-hydrogen) atoms. The molecule has 7 heteroatoms. The fourth-order valence-corrected chi connectivity index (χ4v) is 2.93. The van der Waals surface area contributed by atoms with Gasteiger partial charge in [-0.15, -0.1) is 0 Å².